The highest BCUT2D eigenvalue weighted by atomic mass is 16.5. The second-order valence-electron chi connectivity index (χ2n) is 4.31. The summed E-state index contributed by atoms with van der Waals surface area (Å²) in [6, 6.07) is 15.0. The summed E-state index contributed by atoms with van der Waals surface area (Å²) in [4.78, 5) is 11.3. The molecule has 2 aromatic carbocycles. The maximum Gasteiger partial charge on any atom is 0.252 e. The summed E-state index contributed by atoms with van der Waals surface area (Å²) in [7, 11) is 1.51. The lowest BCUT2D eigenvalue weighted by molar-refractivity contribution is 0.0997. The molecular weight excluding hydrogens is 254 g/mol. The predicted octanol–water partition coefficient (Wildman–Crippen LogP) is 2.42. The van der Waals surface area contributed by atoms with Gasteiger partial charge in [0, 0.05) is 6.42 Å². The van der Waals surface area contributed by atoms with Crippen molar-refractivity contribution >= 4 is 5.91 Å². The molecule has 0 saturated heterocycles. The lowest BCUT2D eigenvalue weighted by Gasteiger charge is -2.09. The lowest BCUT2D eigenvalue weighted by Crippen LogP contribution is -2.13. The lowest BCUT2D eigenvalue weighted by atomic mass is 10.1. The molecule has 2 aromatic rings. The topological polar surface area (TPSA) is 61.6 Å². The highest BCUT2D eigenvalue weighted by Gasteiger charge is 2.09. The van der Waals surface area contributed by atoms with E-state index in [0.717, 1.165) is 11.3 Å². The van der Waals surface area contributed by atoms with Crippen LogP contribution in [0.4, 0.5) is 0 Å². The van der Waals surface area contributed by atoms with Crippen molar-refractivity contribution in [3.63, 3.8) is 0 Å². The van der Waals surface area contributed by atoms with Crippen molar-refractivity contribution in [1.82, 2.24) is 0 Å². The molecule has 104 valence electrons. The first-order valence-electron chi connectivity index (χ1n) is 6.35. The van der Waals surface area contributed by atoms with Crippen molar-refractivity contribution in [3.05, 3.63) is 59.7 Å². The van der Waals surface area contributed by atoms with Crippen LogP contribution >= 0.6 is 0 Å². The van der Waals surface area contributed by atoms with E-state index < -0.39 is 5.91 Å². The molecule has 0 heterocycles. The van der Waals surface area contributed by atoms with Gasteiger partial charge in [0.1, 0.15) is 11.5 Å². The molecule has 0 aromatic heterocycles. The van der Waals surface area contributed by atoms with E-state index in [1.165, 1.54) is 7.11 Å². The molecule has 4 nitrogen and oxygen atoms in total. The van der Waals surface area contributed by atoms with Crippen molar-refractivity contribution in [2.75, 3.05) is 13.7 Å². The molecule has 0 atom stereocenters. The zero-order chi connectivity index (χ0) is 14.4. The van der Waals surface area contributed by atoms with E-state index >= 15 is 0 Å². The van der Waals surface area contributed by atoms with Gasteiger partial charge in [-0.25, -0.2) is 0 Å². The van der Waals surface area contributed by atoms with Crippen LogP contribution in [-0.2, 0) is 6.42 Å². The molecular formula is C16H17NO3. The summed E-state index contributed by atoms with van der Waals surface area (Å²) in [5.74, 6) is 0.828. The fraction of sp³-hybridized carbons (Fsp3) is 0.188. The van der Waals surface area contributed by atoms with Gasteiger partial charge in [0.05, 0.1) is 19.3 Å². The largest absolute Gasteiger partial charge is 0.496 e. The van der Waals surface area contributed by atoms with Crippen LogP contribution in [-0.4, -0.2) is 19.6 Å². The van der Waals surface area contributed by atoms with Crippen molar-refractivity contribution in [3.8, 4) is 11.5 Å². The van der Waals surface area contributed by atoms with Gasteiger partial charge in [0.2, 0.25) is 0 Å². The number of para-hydroxylation sites is 1. The van der Waals surface area contributed by atoms with Crippen molar-refractivity contribution < 1.29 is 14.3 Å². The van der Waals surface area contributed by atoms with Crippen molar-refractivity contribution in [2.24, 2.45) is 5.73 Å². The summed E-state index contributed by atoms with van der Waals surface area (Å²) < 4.78 is 10.7. The molecule has 0 spiro atoms. The van der Waals surface area contributed by atoms with Gasteiger partial charge in [-0.1, -0.05) is 24.3 Å². The van der Waals surface area contributed by atoms with Crippen molar-refractivity contribution in [2.45, 2.75) is 6.42 Å². The Morgan fingerprint density at radius 1 is 1.15 bits per heavy atom. The molecule has 20 heavy (non-hydrogen) atoms. The molecule has 0 fully saturated rings. The predicted molar refractivity (Wildman–Crippen MR) is 77.2 cm³/mol. The van der Waals surface area contributed by atoms with E-state index in [1.54, 1.807) is 12.1 Å². The molecule has 0 bridgehead atoms. The van der Waals surface area contributed by atoms with Crippen LogP contribution in [0.25, 0.3) is 0 Å². The van der Waals surface area contributed by atoms with Gasteiger partial charge in [-0.05, 0) is 29.8 Å². The van der Waals surface area contributed by atoms with Crippen LogP contribution in [0.15, 0.2) is 48.5 Å². The Bertz CT molecular complexity index is 582. The third-order valence-electron chi connectivity index (χ3n) is 2.93. The Kier molecular flexibility index (Phi) is 4.60. The Morgan fingerprint density at radius 3 is 2.55 bits per heavy atom. The number of hydrogen-bond acceptors (Lipinski definition) is 3. The Morgan fingerprint density at radius 2 is 1.90 bits per heavy atom. The quantitative estimate of drug-likeness (QED) is 0.877. The maximum atomic E-state index is 11.3. The smallest absolute Gasteiger partial charge is 0.252 e. The fourth-order valence-corrected chi connectivity index (χ4v) is 1.91. The molecule has 0 saturated carbocycles. The monoisotopic (exact) mass is 271 g/mol. The third kappa shape index (κ3) is 3.51. The number of carbonyl (C=O) groups excluding carboxylic acids is 1. The first-order valence-corrected chi connectivity index (χ1v) is 6.35. The summed E-state index contributed by atoms with van der Waals surface area (Å²) in [6.07, 6.45) is 0.694. The number of ether oxygens (including phenoxy) is 2. The summed E-state index contributed by atoms with van der Waals surface area (Å²) in [5, 5.41) is 0. The second-order valence-corrected chi connectivity index (χ2v) is 4.31. The van der Waals surface area contributed by atoms with Gasteiger partial charge in [-0.2, -0.15) is 0 Å². The van der Waals surface area contributed by atoms with Gasteiger partial charge in [0.15, 0.2) is 0 Å². The van der Waals surface area contributed by atoms with Gasteiger partial charge in [0.25, 0.3) is 5.91 Å². The number of benzene rings is 2. The minimum Gasteiger partial charge on any atom is -0.496 e. The van der Waals surface area contributed by atoms with Crippen LogP contribution in [0.1, 0.15) is 15.9 Å². The summed E-state index contributed by atoms with van der Waals surface area (Å²) in [6.45, 7) is 0.536. The van der Waals surface area contributed by atoms with E-state index in [9.17, 15) is 4.79 Å². The number of primary amides is 1. The minimum absolute atomic E-state index is 0.393. The molecule has 4 heteroatoms. The average molecular weight is 271 g/mol. The highest BCUT2D eigenvalue weighted by Crippen LogP contribution is 2.20. The Balaban J connectivity index is 1.99. The number of amides is 1. The van der Waals surface area contributed by atoms with E-state index in [0.29, 0.717) is 24.3 Å². The molecule has 2 rings (SSSR count). The van der Waals surface area contributed by atoms with Crippen LogP contribution < -0.4 is 15.2 Å². The molecule has 0 aliphatic heterocycles. The van der Waals surface area contributed by atoms with E-state index in [-0.39, 0.29) is 0 Å². The zero-order valence-corrected chi connectivity index (χ0v) is 11.3. The standard InChI is InChI=1S/C16H17NO3/c1-19-15-8-7-12(11-14(15)16(17)18)9-10-20-13-5-3-2-4-6-13/h2-8,11H,9-10H2,1H3,(H2,17,18). The molecule has 1 amide bonds. The van der Waals surface area contributed by atoms with E-state index in [4.69, 9.17) is 15.2 Å². The van der Waals surface area contributed by atoms with Gasteiger partial charge in [-0.15, -0.1) is 0 Å². The number of carbonyl (C=O) groups is 1. The summed E-state index contributed by atoms with van der Waals surface area (Å²) in [5.41, 5.74) is 6.70. The molecule has 0 aliphatic rings. The van der Waals surface area contributed by atoms with E-state index in [2.05, 4.69) is 0 Å². The van der Waals surface area contributed by atoms with Crippen LogP contribution in [0.2, 0.25) is 0 Å². The highest BCUT2D eigenvalue weighted by molar-refractivity contribution is 5.95. The zero-order valence-electron chi connectivity index (χ0n) is 11.3. The van der Waals surface area contributed by atoms with Gasteiger partial charge < -0.3 is 15.2 Å². The SMILES string of the molecule is COc1ccc(CCOc2ccccc2)cc1C(N)=O. The first kappa shape index (κ1) is 13.9. The Labute approximate surface area is 118 Å². The average Bonchev–Trinajstić information content (AvgIpc) is 2.48. The number of nitrogens with two attached hydrogens (primary N) is 1. The van der Waals surface area contributed by atoms with Crippen LogP contribution in [0.3, 0.4) is 0 Å². The Hall–Kier alpha value is -2.49. The van der Waals surface area contributed by atoms with E-state index in [1.807, 2.05) is 36.4 Å². The fourth-order valence-electron chi connectivity index (χ4n) is 1.91. The van der Waals surface area contributed by atoms with Crippen LogP contribution in [0.5, 0.6) is 11.5 Å². The van der Waals surface area contributed by atoms with Gasteiger partial charge >= 0.3 is 0 Å². The van der Waals surface area contributed by atoms with Crippen molar-refractivity contribution in [1.29, 1.82) is 0 Å². The summed E-state index contributed by atoms with van der Waals surface area (Å²) >= 11 is 0. The molecule has 2 N–H and O–H groups in total. The van der Waals surface area contributed by atoms with Crippen LogP contribution in [0, 0.1) is 0 Å². The number of hydrogen-bond donors (Lipinski definition) is 1. The minimum atomic E-state index is -0.493. The normalized spacial score (nSPS) is 10.1. The molecule has 0 aliphatic carbocycles. The second kappa shape index (κ2) is 6.61. The third-order valence-corrected chi connectivity index (χ3v) is 2.93. The van der Waals surface area contributed by atoms with Gasteiger partial charge in [-0.3, -0.25) is 4.79 Å². The number of rotatable bonds is 6. The first-order chi connectivity index (χ1) is 9.70. The number of methoxy groups -OCH3 is 1. The molecule has 0 unspecified atom stereocenters. The maximum absolute atomic E-state index is 11.3. The molecule has 0 radical (unpaired) electrons.